The summed E-state index contributed by atoms with van der Waals surface area (Å²) in [6.45, 7) is 7.35. The van der Waals surface area contributed by atoms with Gasteiger partial charge in [-0.15, -0.1) is 0 Å². The third-order valence-electron chi connectivity index (χ3n) is 11.5. The number of aromatic amines is 2. The standard InChI is InChI=1S/2C26H25FN2O4S/c2*1-15-5-8-24-22(9-15)23(14-28-24)26(30)25(21-7-6-17(27)10-16(21)2)29-18-11-19(33-3)13-20(12-18)34(4,31)32/h2*5-14,25,28-29H,1-4H3. The molecule has 0 bridgehead atoms. The summed E-state index contributed by atoms with van der Waals surface area (Å²) in [6, 6.07) is 27.2. The number of Topliss-reactive ketones (excluding diaryl/α,β-unsaturated/α-hetero) is 2. The van der Waals surface area contributed by atoms with Gasteiger partial charge in [-0.05, 0) is 123 Å². The van der Waals surface area contributed by atoms with Crippen molar-refractivity contribution in [1.82, 2.24) is 9.97 Å². The molecule has 8 rings (SSSR count). The second-order valence-electron chi connectivity index (χ2n) is 16.7. The van der Waals surface area contributed by atoms with Crippen LogP contribution < -0.4 is 20.1 Å². The van der Waals surface area contributed by atoms with Crippen LogP contribution in [0.15, 0.2) is 131 Å². The lowest BCUT2D eigenvalue weighted by molar-refractivity contribution is 0.0963. The van der Waals surface area contributed by atoms with Gasteiger partial charge in [0, 0.05) is 81.3 Å². The van der Waals surface area contributed by atoms with Gasteiger partial charge in [-0.1, -0.05) is 35.4 Å². The van der Waals surface area contributed by atoms with E-state index in [1.807, 2.05) is 50.2 Å². The van der Waals surface area contributed by atoms with Gasteiger partial charge < -0.3 is 30.1 Å². The summed E-state index contributed by atoms with van der Waals surface area (Å²) in [7, 11) is -4.18. The second-order valence-corrected chi connectivity index (χ2v) is 20.8. The number of ketones is 2. The maximum atomic E-state index is 13.9. The first-order valence-electron chi connectivity index (χ1n) is 21.2. The van der Waals surface area contributed by atoms with Gasteiger partial charge in [0.15, 0.2) is 31.2 Å². The first-order chi connectivity index (χ1) is 32.1. The van der Waals surface area contributed by atoms with E-state index >= 15 is 0 Å². The number of hydrogen-bond acceptors (Lipinski definition) is 10. The zero-order chi connectivity index (χ0) is 49.2. The van der Waals surface area contributed by atoms with Crippen molar-refractivity contribution in [3.63, 3.8) is 0 Å². The molecule has 2 heterocycles. The lowest BCUT2D eigenvalue weighted by atomic mass is 9.93. The summed E-state index contributed by atoms with van der Waals surface area (Å²) in [5.74, 6) is -0.636. The summed E-state index contributed by atoms with van der Waals surface area (Å²) in [6.07, 6.45) is 5.53. The molecule has 68 heavy (non-hydrogen) atoms. The Hall–Kier alpha value is -7.30. The van der Waals surface area contributed by atoms with Crippen molar-refractivity contribution in [2.75, 3.05) is 37.4 Å². The summed E-state index contributed by atoms with van der Waals surface area (Å²) in [5, 5.41) is 7.91. The monoisotopic (exact) mass is 960 g/mol. The van der Waals surface area contributed by atoms with Crippen LogP contribution in [0, 0.1) is 39.3 Å². The smallest absolute Gasteiger partial charge is 0.191 e. The number of aryl methyl sites for hydroxylation is 4. The van der Waals surface area contributed by atoms with E-state index in [1.54, 1.807) is 50.5 Å². The van der Waals surface area contributed by atoms with Gasteiger partial charge in [0.1, 0.15) is 35.2 Å². The van der Waals surface area contributed by atoms with Crippen molar-refractivity contribution < 1.29 is 44.7 Å². The molecule has 0 aliphatic rings. The van der Waals surface area contributed by atoms with Crippen molar-refractivity contribution in [1.29, 1.82) is 0 Å². The molecule has 12 nitrogen and oxygen atoms in total. The van der Waals surface area contributed by atoms with E-state index < -0.39 is 43.4 Å². The van der Waals surface area contributed by atoms with E-state index in [0.717, 1.165) is 45.4 Å². The lowest BCUT2D eigenvalue weighted by Gasteiger charge is -2.22. The highest BCUT2D eigenvalue weighted by atomic mass is 32.2. The predicted molar refractivity (Wildman–Crippen MR) is 262 cm³/mol. The van der Waals surface area contributed by atoms with Crippen molar-refractivity contribution in [2.24, 2.45) is 0 Å². The van der Waals surface area contributed by atoms with Gasteiger partial charge in [-0.2, -0.15) is 0 Å². The first kappa shape index (κ1) is 48.6. The molecule has 0 fully saturated rings. The zero-order valence-corrected chi connectivity index (χ0v) is 40.2. The van der Waals surface area contributed by atoms with Crippen LogP contribution in [0.2, 0.25) is 0 Å². The number of methoxy groups -OCH3 is 2. The molecule has 0 saturated carbocycles. The molecule has 352 valence electrons. The van der Waals surface area contributed by atoms with Gasteiger partial charge in [-0.25, -0.2) is 25.6 Å². The number of benzene rings is 6. The number of hydrogen-bond donors (Lipinski definition) is 4. The van der Waals surface area contributed by atoms with Gasteiger partial charge in [0.25, 0.3) is 0 Å². The highest BCUT2D eigenvalue weighted by Crippen LogP contribution is 2.35. The average Bonchev–Trinajstić information content (AvgIpc) is 3.90. The average molecular weight is 961 g/mol. The van der Waals surface area contributed by atoms with E-state index in [1.165, 1.54) is 62.8 Å². The van der Waals surface area contributed by atoms with Crippen LogP contribution in [0.1, 0.15) is 66.2 Å². The minimum atomic E-state index is -3.53. The summed E-state index contributed by atoms with van der Waals surface area (Å²) < 4.78 is 87.1. The van der Waals surface area contributed by atoms with Crippen LogP contribution in [-0.4, -0.2) is 65.1 Å². The maximum absolute atomic E-state index is 13.9. The highest BCUT2D eigenvalue weighted by molar-refractivity contribution is 7.91. The number of rotatable bonds is 14. The number of anilines is 2. The molecule has 0 amide bonds. The van der Waals surface area contributed by atoms with E-state index in [-0.39, 0.29) is 21.4 Å². The molecule has 16 heteroatoms. The number of H-pyrrole nitrogens is 2. The molecule has 0 aliphatic heterocycles. The number of ether oxygens (including phenoxy) is 2. The fraction of sp³-hybridized carbons (Fsp3) is 0.192. The Morgan fingerprint density at radius 1 is 0.529 bits per heavy atom. The molecule has 8 aromatic rings. The summed E-state index contributed by atoms with van der Waals surface area (Å²) >= 11 is 0. The second kappa shape index (κ2) is 19.5. The molecule has 0 radical (unpaired) electrons. The minimum Gasteiger partial charge on any atom is -0.497 e. The van der Waals surface area contributed by atoms with Crippen molar-refractivity contribution in [3.05, 3.63) is 178 Å². The molecule has 2 unspecified atom stereocenters. The normalized spacial score (nSPS) is 12.5. The van der Waals surface area contributed by atoms with E-state index in [0.29, 0.717) is 56.3 Å². The molecule has 2 aromatic heterocycles. The number of carbonyl (C=O) groups excluding carboxylic acids is 2. The van der Waals surface area contributed by atoms with Crippen molar-refractivity contribution in [3.8, 4) is 11.5 Å². The predicted octanol–water partition coefficient (Wildman–Crippen LogP) is 10.7. The van der Waals surface area contributed by atoms with Crippen LogP contribution in [0.3, 0.4) is 0 Å². The van der Waals surface area contributed by atoms with Crippen molar-refractivity contribution >= 4 is 64.4 Å². The lowest BCUT2D eigenvalue weighted by Crippen LogP contribution is -2.22. The van der Waals surface area contributed by atoms with Crippen LogP contribution in [0.4, 0.5) is 20.2 Å². The topological polar surface area (TPSA) is 177 Å². The highest BCUT2D eigenvalue weighted by Gasteiger charge is 2.29. The fourth-order valence-electron chi connectivity index (χ4n) is 7.99. The number of aromatic nitrogens is 2. The van der Waals surface area contributed by atoms with Crippen LogP contribution in [0.5, 0.6) is 11.5 Å². The number of sulfone groups is 2. The van der Waals surface area contributed by atoms with Crippen LogP contribution >= 0.6 is 0 Å². The van der Waals surface area contributed by atoms with E-state index in [4.69, 9.17) is 9.47 Å². The van der Waals surface area contributed by atoms with Crippen molar-refractivity contribution in [2.45, 2.75) is 49.6 Å². The summed E-state index contributed by atoms with van der Waals surface area (Å²) in [4.78, 5) is 34.1. The number of nitrogens with one attached hydrogen (secondary N) is 4. The molecular weight excluding hydrogens is 911 g/mol. The minimum absolute atomic E-state index is 0.0547. The Balaban J connectivity index is 0.000000201. The third kappa shape index (κ3) is 10.8. The molecular formula is C52H50F2N4O8S2. The fourth-order valence-corrected chi connectivity index (χ4v) is 9.33. The molecule has 0 saturated heterocycles. The molecule has 2 atom stereocenters. The largest absolute Gasteiger partial charge is 0.497 e. The molecule has 0 aliphatic carbocycles. The van der Waals surface area contributed by atoms with Gasteiger partial charge >= 0.3 is 0 Å². The first-order valence-corrected chi connectivity index (χ1v) is 25.0. The quantitative estimate of drug-likeness (QED) is 0.0767. The molecule has 0 spiro atoms. The van der Waals surface area contributed by atoms with Gasteiger partial charge in [-0.3, -0.25) is 9.59 Å². The Kier molecular flexibility index (Phi) is 13.9. The number of halogens is 2. The van der Waals surface area contributed by atoms with Crippen LogP contribution in [0.25, 0.3) is 21.8 Å². The van der Waals surface area contributed by atoms with Crippen LogP contribution in [-0.2, 0) is 19.7 Å². The Morgan fingerprint density at radius 2 is 0.912 bits per heavy atom. The van der Waals surface area contributed by atoms with E-state index in [2.05, 4.69) is 20.6 Å². The number of fused-ring (bicyclic) bond motifs is 2. The maximum Gasteiger partial charge on any atom is 0.191 e. The third-order valence-corrected chi connectivity index (χ3v) is 13.7. The number of carbonyl (C=O) groups is 2. The summed E-state index contributed by atoms with van der Waals surface area (Å²) in [5.41, 5.74) is 7.74. The van der Waals surface area contributed by atoms with Gasteiger partial charge in [0.05, 0.1) is 24.0 Å². The Morgan fingerprint density at radius 3 is 1.25 bits per heavy atom. The van der Waals surface area contributed by atoms with E-state index in [9.17, 15) is 35.2 Å². The Labute approximate surface area is 393 Å². The SMILES string of the molecule is COc1cc(NC(C(=O)c2c[nH]c3ccc(C)cc23)c2ccc(F)cc2C)cc(S(C)(=O)=O)c1.COc1cc(NC(C(=O)c2c[nH]c3ccc(C)cc23)c2ccc(F)cc2C)cc(S(C)(=O)=O)c1. The zero-order valence-electron chi connectivity index (χ0n) is 38.5. The van der Waals surface area contributed by atoms with Gasteiger partial charge in [0.2, 0.25) is 0 Å². The molecule has 6 aromatic carbocycles. The Bertz CT molecular complexity index is 3250. The molecule has 4 N–H and O–H groups in total.